The largest absolute Gasteiger partial charge is 0.477 e. The third-order valence-electron chi connectivity index (χ3n) is 4.16. The van der Waals surface area contributed by atoms with Gasteiger partial charge >= 0.3 is 0 Å². The second kappa shape index (κ2) is 6.67. The molecular formula is C21H20NOP. The topological polar surface area (TPSA) is 21.3 Å². The fourth-order valence-corrected chi connectivity index (χ4v) is 5.50. The molecule has 1 N–H and O–H groups in total. The summed E-state index contributed by atoms with van der Waals surface area (Å²) in [7, 11) is -0.601. The zero-order valence-corrected chi connectivity index (χ0v) is 14.5. The standard InChI is InChI=1S/C21H20NOP/c1-16-15-23-21(22-16)19-13-8-14-20(19)24(17-9-4-2-5-10-17)18-11-6-3-7-12-18/h2-14,16,22H,15H2,1H3/b21-19+/t16-/m0/s1. The van der Waals surface area contributed by atoms with Crippen molar-refractivity contribution >= 4 is 18.5 Å². The number of ether oxygens (including phenoxy) is 1. The molecule has 2 aromatic rings. The number of hydrogen-bond acceptors (Lipinski definition) is 2. The molecule has 2 aliphatic rings. The predicted octanol–water partition coefficient (Wildman–Crippen LogP) is 3.79. The molecule has 0 radical (unpaired) electrons. The molecule has 2 aromatic carbocycles. The van der Waals surface area contributed by atoms with Crippen molar-refractivity contribution in [2.24, 2.45) is 0 Å². The number of rotatable bonds is 3. The maximum absolute atomic E-state index is 5.89. The molecule has 0 bridgehead atoms. The summed E-state index contributed by atoms with van der Waals surface area (Å²) in [5.41, 5.74) is 1.19. The van der Waals surface area contributed by atoms with Gasteiger partial charge < -0.3 is 10.1 Å². The minimum absolute atomic E-state index is 0.363. The van der Waals surface area contributed by atoms with E-state index in [-0.39, 0.29) is 0 Å². The van der Waals surface area contributed by atoms with Gasteiger partial charge in [0.25, 0.3) is 0 Å². The van der Waals surface area contributed by atoms with Gasteiger partial charge in [0.15, 0.2) is 5.88 Å². The number of allylic oxidation sites excluding steroid dienone is 5. The summed E-state index contributed by atoms with van der Waals surface area (Å²) in [5.74, 6) is 0.918. The van der Waals surface area contributed by atoms with Gasteiger partial charge in [0.2, 0.25) is 0 Å². The van der Waals surface area contributed by atoms with Crippen molar-refractivity contribution in [2.45, 2.75) is 13.0 Å². The van der Waals surface area contributed by atoms with Crippen molar-refractivity contribution in [3.63, 3.8) is 0 Å². The Kier molecular flexibility index (Phi) is 4.23. The number of nitrogens with one attached hydrogen (secondary N) is 1. The van der Waals surface area contributed by atoms with E-state index in [1.165, 1.54) is 21.5 Å². The molecule has 120 valence electrons. The van der Waals surface area contributed by atoms with Crippen LogP contribution in [-0.2, 0) is 4.74 Å². The summed E-state index contributed by atoms with van der Waals surface area (Å²) in [4.78, 5) is 0. The van der Waals surface area contributed by atoms with Crippen molar-refractivity contribution in [3.05, 3.63) is 95.7 Å². The molecule has 0 saturated carbocycles. The Balaban J connectivity index is 1.80. The van der Waals surface area contributed by atoms with Crippen LogP contribution in [0.25, 0.3) is 0 Å². The quantitative estimate of drug-likeness (QED) is 0.863. The van der Waals surface area contributed by atoms with E-state index in [2.05, 4.69) is 91.1 Å². The monoisotopic (exact) mass is 333 g/mol. The first kappa shape index (κ1) is 15.2. The van der Waals surface area contributed by atoms with E-state index >= 15 is 0 Å². The Morgan fingerprint density at radius 2 is 1.58 bits per heavy atom. The van der Waals surface area contributed by atoms with Crippen molar-refractivity contribution in [1.82, 2.24) is 5.32 Å². The molecule has 0 spiro atoms. The highest BCUT2D eigenvalue weighted by Crippen LogP contribution is 2.49. The summed E-state index contributed by atoms with van der Waals surface area (Å²) >= 11 is 0. The molecule has 3 heteroatoms. The number of hydrogen-bond donors (Lipinski definition) is 1. The molecule has 1 atom stereocenters. The lowest BCUT2D eigenvalue weighted by atomic mass is 10.3. The molecular weight excluding hydrogens is 313 g/mol. The highest BCUT2D eigenvalue weighted by atomic mass is 31.1. The van der Waals surface area contributed by atoms with E-state index in [9.17, 15) is 0 Å². The molecule has 2 nitrogen and oxygen atoms in total. The Hall–Kier alpha value is -2.31. The first-order valence-corrected chi connectivity index (χ1v) is 9.59. The van der Waals surface area contributed by atoms with E-state index in [4.69, 9.17) is 4.74 Å². The summed E-state index contributed by atoms with van der Waals surface area (Å²) in [5, 5.41) is 7.52. The zero-order valence-electron chi connectivity index (χ0n) is 13.6. The molecule has 24 heavy (non-hydrogen) atoms. The fraction of sp³-hybridized carbons (Fsp3) is 0.143. The van der Waals surface area contributed by atoms with E-state index in [0.717, 1.165) is 12.5 Å². The first-order valence-electron chi connectivity index (χ1n) is 8.25. The van der Waals surface area contributed by atoms with E-state index in [1.54, 1.807) is 0 Å². The van der Waals surface area contributed by atoms with Crippen LogP contribution in [0.5, 0.6) is 0 Å². The highest BCUT2D eigenvalue weighted by molar-refractivity contribution is 7.77. The van der Waals surface area contributed by atoms with Crippen LogP contribution in [0.4, 0.5) is 0 Å². The van der Waals surface area contributed by atoms with E-state index in [0.29, 0.717) is 6.04 Å². The maximum Gasteiger partial charge on any atom is 0.195 e. The van der Waals surface area contributed by atoms with Crippen LogP contribution in [0, 0.1) is 0 Å². The molecule has 4 rings (SSSR count). The second-order valence-electron chi connectivity index (χ2n) is 6.02. The van der Waals surface area contributed by atoms with Gasteiger partial charge in [-0.25, -0.2) is 0 Å². The Morgan fingerprint density at radius 1 is 0.958 bits per heavy atom. The minimum atomic E-state index is -0.601. The fourth-order valence-electron chi connectivity index (χ4n) is 3.05. The van der Waals surface area contributed by atoms with E-state index in [1.807, 2.05) is 0 Å². The van der Waals surface area contributed by atoms with Crippen LogP contribution in [0.1, 0.15) is 6.92 Å². The zero-order chi connectivity index (χ0) is 16.4. The lowest BCUT2D eigenvalue weighted by Gasteiger charge is -2.22. The van der Waals surface area contributed by atoms with E-state index < -0.39 is 7.92 Å². The Morgan fingerprint density at radius 3 is 2.12 bits per heavy atom. The molecule has 1 saturated heterocycles. The molecule has 0 unspecified atom stereocenters. The van der Waals surface area contributed by atoms with Gasteiger partial charge in [0.1, 0.15) is 6.61 Å². The van der Waals surface area contributed by atoms with Gasteiger partial charge in [-0.05, 0) is 36.8 Å². The SMILES string of the molecule is C[C@H]1CO/C(=C2\C=CC=C2P(c2ccccc2)c2ccccc2)N1. The third-order valence-corrected chi connectivity index (χ3v) is 6.66. The van der Waals surface area contributed by atoms with Crippen LogP contribution in [0.2, 0.25) is 0 Å². The first-order chi connectivity index (χ1) is 11.8. The minimum Gasteiger partial charge on any atom is -0.477 e. The highest BCUT2D eigenvalue weighted by Gasteiger charge is 2.27. The molecule has 1 aliphatic carbocycles. The normalized spacial score (nSPS) is 22.4. The van der Waals surface area contributed by atoms with Crippen LogP contribution in [0.3, 0.4) is 0 Å². The van der Waals surface area contributed by atoms with Gasteiger partial charge in [0, 0.05) is 5.57 Å². The third kappa shape index (κ3) is 2.90. The summed E-state index contributed by atoms with van der Waals surface area (Å²) < 4.78 is 5.89. The van der Waals surface area contributed by atoms with Crippen molar-refractivity contribution in [3.8, 4) is 0 Å². The lowest BCUT2D eigenvalue weighted by Crippen LogP contribution is -2.19. The predicted molar refractivity (Wildman–Crippen MR) is 102 cm³/mol. The Labute approximate surface area is 144 Å². The van der Waals surface area contributed by atoms with Crippen LogP contribution < -0.4 is 15.9 Å². The van der Waals surface area contributed by atoms with Crippen molar-refractivity contribution < 1.29 is 4.74 Å². The molecule has 0 aromatic heterocycles. The summed E-state index contributed by atoms with van der Waals surface area (Å²) in [6.45, 7) is 2.88. The van der Waals surface area contributed by atoms with Crippen LogP contribution >= 0.6 is 7.92 Å². The van der Waals surface area contributed by atoms with Gasteiger partial charge in [-0.2, -0.15) is 0 Å². The maximum atomic E-state index is 5.89. The van der Waals surface area contributed by atoms with Gasteiger partial charge in [-0.15, -0.1) is 0 Å². The molecule has 1 heterocycles. The summed E-state index contributed by atoms with van der Waals surface area (Å²) in [6.07, 6.45) is 6.53. The van der Waals surface area contributed by atoms with Crippen LogP contribution in [0.15, 0.2) is 95.7 Å². The second-order valence-corrected chi connectivity index (χ2v) is 8.20. The van der Waals surface area contributed by atoms with Crippen molar-refractivity contribution in [1.29, 1.82) is 0 Å². The summed E-state index contributed by atoms with van der Waals surface area (Å²) in [6, 6.07) is 21.9. The lowest BCUT2D eigenvalue weighted by molar-refractivity contribution is 0.255. The van der Waals surface area contributed by atoms with Gasteiger partial charge in [-0.3, -0.25) is 0 Å². The number of benzene rings is 2. The van der Waals surface area contributed by atoms with Gasteiger partial charge in [0.05, 0.1) is 6.04 Å². The Bertz CT molecular complexity index is 769. The average molecular weight is 333 g/mol. The van der Waals surface area contributed by atoms with Gasteiger partial charge in [-0.1, -0.05) is 72.8 Å². The average Bonchev–Trinajstić information content (AvgIpc) is 3.26. The molecule has 0 amide bonds. The molecule has 1 fully saturated rings. The molecule has 1 aliphatic heterocycles. The van der Waals surface area contributed by atoms with Crippen LogP contribution in [-0.4, -0.2) is 12.6 Å². The smallest absolute Gasteiger partial charge is 0.195 e. The van der Waals surface area contributed by atoms with Crippen molar-refractivity contribution in [2.75, 3.05) is 6.61 Å².